The van der Waals surface area contributed by atoms with Crippen molar-refractivity contribution in [3.8, 4) is 23.0 Å². The van der Waals surface area contributed by atoms with Crippen LogP contribution in [0.3, 0.4) is 0 Å². The van der Waals surface area contributed by atoms with Crippen LogP contribution in [0.15, 0.2) is 36.4 Å². The van der Waals surface area contributed by atoms with E-state index in [1.165, 1.54) is 0 Å². The largest absolute Gasteiger partial charge is 0.497 e. The summed E-state index contributed by atoms with van der Waals surface area (Å²) in [7, 11) is 6.29. The number of rotatable bonds is 7. The minimum Gasteiger partial charge on any atom is -0.497 e. The number of nitrogens with zero attached hydrogens (tertiary/aromatic N) is 1. The van der Waals surface area contributed by atoms with Crippen molar-refractivity contribution in [1.29, 1.82) is 0 Å². The quantitative estimate of drug-likeness (QED) is 0.768. The Morgan fingerprint density at radius 2 is 1.48 bits per heavy atom. The van der Waals surface area contributed by atoms with Gasteiger partial charge in [0, 0.05) is 30.4 Å². The molecule has 7 nitrogen and oxygen atoms in total. The van der Waals surface area contributed by atoms with Gasteiger partial charge in [-0.1, -0.05) is 0 Å². The molecule has 1 aliphatic rings. The SMILES string of the molecule is COc1ccc(NC2CCN(C(=O)c3cc(OC)c(OC)c(OC)c3)CC2)cc1. The van der Waals surface area contributed by atoms with Gasteiger partial charge >= 0.3 is 0 Å². The smallest absolute Gasteiger partial charge is 0.254 e. The van der Waals surface area contributed by atoms with Gasteiger partial charge in [0.15, 0.2) is 11.5 Å². The molecule has 3 rings (SSSR count). The topological polar surface area (TPSA) is 69.3 Å². The minimum atomic E-state index is -0.0350. The van der Waals surface area contributed by atoms with Gasteiger partial charge in [0.2, 0.25) is 5.75 Å². The molecule has 1 fully saturated rings. The zero-order chi connectivity index (χ0) is 20.8. The normalized spacial score (nSPS) is 14.3. The number of carbonyl (C=O) groups is 1. The number of nitrogens with one attached hydrogen (secondary N) is 1. The van der Waals surface area contributed by atoms with E-state index < -0.39 is 0 Å². The lowest BCUT2D eigenvalue weighted by Gasteiger charge is -2.33. The van der Waals surface area contributed by atoms with Gasteiger partial charge in [0.1, 0.15) is 5.75 Å². The van der Waals surface area contributed by atoms with Crippen LogP contribution in [0.25, 0.3) is 0 Å². The lowest BCUT2D eigenvalue weighted by molar-refractivity contribution is 0.0717. The molecule has 0 saturated carbocycles. The molecule has 0 aliphatic carbocycles. The van der Waals surface area contributed by atoms with Crippen molar-refractivity contribution in [2.24, 2.45) is 0 Å². The zero-order valence-corrected chi connectivity index (χ0v) is 17.4. The van der Waals surface area contributed by atoms with Crippen molar-refractivity contribution in [3.05, 3.63) is 42.0 Å². The van der Waals surface area contributed by atoms with E-state index in [0.29, 0.717) is 41.9 Å². The Balaban J connectivity index is 1.63. The second-order valence-electron chi connectivity index (χ2n) is 6.85. The second kappa shape index (κ2) is 9.41. The van der Waals surface area contributed by atoms with Crippen LogP contribution >= 0.6 is 0 Å². The van der Waals surface area contributed by atoms with E-state index in [-0.39, 0.29) is 5.91 Å². The molecule has 0 spiro atoms. The number of amides is 1. The van der Waals surface area contributed by atoms with Crippen molar-refractivity contribution >= 4 is 11.6 Å². The van der Waals surface area contributed by atoms with Crippen molar-refractivity contribution in [2.45, 2.75) is 18.9 Å². The molecule has 0 aromatic heterocycles. The maximum atomic E-state index is 13.0. The maximum absolute atomic E-state index is 13.0. The number of anilines is 1. The summed E-state index contributed by atoms with van der Waals surface area (Å²) in [6.07, 6.45) is 1.75. The molecule has 156 valence electrons. The Kier molecular flexibility index (Phi) is 6.69. The van der Waals surface area contributed by atoms with Gasteiger partial charge in [-0.25, -0.2) is 0 Å². The van der Waals surface area contributed by atoms with E-state index in [2.05, 4.69) is 5.32 Å². The third kappa shape index (κ3) is 4.67. The van der Waals surface area contributed by atoms with E-state index >= 15 is 0 Å². The first-order valence-electron chi connectivity index (χ1n) is 9.59. The van der Waals surface area contributed by atoms with Gasteiger partial charge in [0.05, 0.1) is 28.4 Å². The molecule has 1 heterocycles. The molecule has 29 heavy (non-hydrogen) atoms. The van der Waals surface area contributed by atoms with Crippen LogP contribution in [0, 0.1) is 0 Å². The second-order valence-corrected chi connectivity index (χ2v) is 6.85. The van der Waals surface area contributed by atoms with Crippen LogP contribution in [-0.2, 0) is 0 Å². The van der Waals surface area contributed by atoms with E-state index in [0.717, 1.165) is 24.3 Å². The zero-order valence-electron chi connectivity index (χ0n) is 17.4. The third-order valence-corrected chi connectivity index (χ3v) is 5.15. The average molecular weight is 400 g/mol. The Morgan fingerprint density at radius 1 is 0.897 bits per heavy atom. The summed E-state index contributed by atoms with van der Waals surface area (Å²) in [5.41, 5.74) is 1.58. The molecule has 0 bridgehead atoms. The maximum Gasteiger partial charge on any atom is 0.254 e. The Hall–Kier alpha value is -3.09. The summed E-state index contributed by atoms with van der Waals surface area (Å²) < 4.78 is 21.2. The van der Waals surface area contributed by atoms with Gasteiger partial charge in [-0.3, -0.25) is 4.79 Å². The number of ether oxygens (including phenoxy) is 4. The average Bonchev–Trinajstić information content (AvgIpc) is 2.78. The molecule has 0 atom stereocenters. The highest BCUT2D eigenvalue weighted by Crippen LogP contribution is 2.38. The predicted octanol–water partition coefficient (Wildman–Crippen LogP) is 3.44. The summed E-state index contributed by atoms with van der Waals surface area (Å²) in [5, 5.41) is 3.53. The first kappa shape index (κ1) is 20.6. The van der Waals surface area contributed by atoms with E-state index in [1.54, 1.807) is 40.6 Å². The number of benzene rings is 2. The van der Waals surface area contributed by atoms with Crippen molar-refractivity contribution < 1.29 is 23.7 Å². The van der Waals surface area contributed by atoms with Crippen LogP contribution in [0.2, 0.25) is 0 Å². The fraction of sp³-hybridized carbons (Fsp3) is 0.409. The number of carbonyl (C=O) groups excluding carboxylic acids is 1. The molecule has 1 N–H and O–H groups in total. The highest BCUT2D eigenvalue weighted by atomic mass is 16.5. The Morgan fingerprint density at radius 3 is 1.97 bits per heavy atom. The Labute approximate surface area is 171 Å². The van der Waals surface area contributed by atoms with Gasteiger partial charge in [-0.05, 0) is 49.2 Å². The number of likely N-dealkylation sites (tertiary alicyclic amines) is 1. The molecule has 0 radical (unpaired) electrons. The fourth-order valence-corrected chi connectivity index (χ4v) is 3.54. The van der Waals surface area contributed by atoms with Crippen LogP contribution in [-0.4, -0.2) is 58.4 Å². The summed E-state index contributed by atoms with van der Waals surface area (Å²) in [6, 6.07) is 11.6. The summed E-state index contributed by atoms with van der Waals surface area (Å²) in [4.78, 5) is 14.9. The molecule has 1 saturated heterocycles. The number of hydrogen-bond donors (Lipinski definition) is 1. The molecular formula is C22H28N2O5. The lowest BCUT2D eigenvalue weighted by atomic mass is 10.0. The first-order valence-corrected chi connectivity index (χ1v) is 9.59. The van der Waals surface area contributed by atoms with Crippen LogP contribution in [0.5, 0.6) is 23.0 Å². The minimum absolute atomic E-state index is 0.0350. The highest BCUT2D eigenvalue weighted by molar-refractivity contribution is 5.95. The van der Waals surface area contributed by atoms with E-state index in [9.17, 15) is 4.79 Å². The summed E-state index contributed by atoms with van der Waals surface area (Å²) in [6.45, 7) is 1.37. The molecule has 7 heteroatoms. The summed E-state index contributed by atoms with van der Waals surface area (Å²) >= 11 is 0. The highest BCUT2D eigenvalue weighted by Gasteiger charge is 2.25. The van der Waals surface area contributed by atoms with E-state index in [4.69, 9.17) is 18.9 Å². The molecular weight excluding hydrogens is 372 g/mol. The van der Waals surface area contributed by atoms with Crippen molar-refractivity contribution in [1.82, 2.24) is 4.90 Å². The van der Waals surface area contributed by atoms with E-state index in [1.807, 2.05) is 29.2 Å². The molecule has 0 unspecified atom stereocenters. The molecule has 2 aromatic rings. The number of hydrogen-bond acceptors (Lipinski definition) is 6. The molecule has 2 aromatic carbocycles. The van der Waals surface area contributed by atoms with Gasteiger partial charge in [0.25, 0.3) is 5.91 Å². The van der Waals surface area contributed by atoms with Gasteiger partial charge in [-0.15, -0.1) is 0 Å². The molecule has 1 aliphatic heterocycles. The fourth-order valence-electron chi connectivity index (χ4n) is 3.54. The standard InChI is InChI=1S/C22H28N2O5/c1-26-18-7-5-16(6-8-18)23-17-9-11-24(12-10-17)22(25)15-13-19(27-2)21(29-4)20(14-15)28-3/h5-8,13-14,17,23H,9-12H2,1-4H3. The number of methoxy groups -OCH3 is 4. The lowest BCUT2D eigenvalue weighted by Crippen LogP contribution is -2.42. The number of piperidine rings is 1. The summed E-state index contributed by atoms with van der Waals surface area (Å²) in [5.74, 6) is 2.24. The van der Waals surface area contributed by atoms with Crippen molar-refractivity contribution in [2.75, 3.05) is 46.8 Å². The third-order valence-electron chi connectivity index (χ3n) is 5.15. The first-order chi connectivity index (χ1) is 14.1. The molecule has 1 amide bonds. The van der Waals surface area contributed by atoms with Crippen LogP contribution in [0.4, 0.5) is 5.69 Å². The van der Waals surface area contributed by atoms with Gasteiger partial charge in [-0.2, -0.15) is 0 Å². The van der Waals surface area contributed by atoms with Crippen molar-refractivity contribution in [3.63, 3.8) is 0 Å². The van der Waals surface area contributed by atoms with Gasteiger partial charge < -0.3 is 29.2 Å². The van der Waals surface area contributed by atoms with Crippen LogP contribution in [0.1, 0.15) is 23.2 Å². The monoisotopic (exact) mass is 400 g/mol. The van der Waals surface area contributed by atoms with Crippen LogP contribution < -0.4 is 24.3 Å². The Bertz CT molecular complexity index is 805. The predicted molar refractivity (Wildman–Crippen MR) is 112 cm³/mol.